The number of thiophene rings is 1. The van der Waals surface area contributed by atoms with Gasteiger partial charge in [-0.25, -0.2) is 0 Å². The fraction of sp³-hybridized carbons (Fsp3) is 0.400. The minimum Gasteiger partial charge on any atom is -0.543 e. The molecular weight excluding hydrogens is 272 g/mol. The molecule has 2 aromatic rings. The van der Waals surface area contributed by atoms with E-state index >= 15 is 0 Å². The van der Waals surface area contributed by atoms with Gasteiger partial charge in [-0.2, -0.15) is 0 Å². The Morgan fingerprint density at radius 1 is 1.26 bits per heavy atom. The first-order valence-electron chi connectivity index (χ1n) is 6.41. The molecule has 0 fully saturated rings. The fourth-order valence-corrected chi connectivity index (χ4v) is 3.65. The number of carbonyl (C=O) groups is 1. The lowest BCUT2D eigenvalue weighted by molar-refractivity contribution is 0.112. The van der Waals surface area contributed by atoms with Crippen LogP contribution >= 0.6 is 11.3 Å². The maximum Gasteiger partial charge on any atom is 0.250 e. The zero-order valence-corrected chi connectivity index (χ0v) is 13.9. The van der Waals surface area contributed by atoms with E-state index in [0.717, 1.165) is 27.0 Å². The molecule has 0 saturated carbocycles. The first kappa shape index (κ1) is 14.3. The second-order valence-electron chi connectivity index (χ2n) is 6.30. The van der Waals surface area contributed by atoms with Crippen LogP contribution < -0.4 is 4.43 Å². The van der Waals surface area contributed by atoms with E-state index in [1.165, 1.54) is 11.3 Å². The third-order valence-corrected chi connectivity index (χ3v) is 9.25. The number of benzene rings is 1. The van der Waals surface area contributed by atoms with Crippen molar-refractivity contribution in [3.63, 3.8) is 0 Å². The standard InChI is InChI=1S/C15H20O2SSi/c1-15(2,3)19(4,5)17-13-8-6-7-11-9-12(10-16)18-14(11)13/h6-10H,1-5H3. The van der Waals surface area contributed by atoms with Crippen LogP contribution in [0.2, 0.25) is 18.1 Å². The molecule has 1 aromatic heterocycles. The Bertz CT molecular complexity index is 608. The van der Waals surface area contributed by atoms with Crippen molar-refractivity contribution in [2.75, 3.05) is 0 Å². The van der Waals surface area contributed by atoms with Gasteiger partial charge in [0, 0.05) is 0 Å². The number of fused-ring (bicyclic) bond motifs is 1. The van der Waals surface area contributed by atoms with Gasteiger partial charge in [-0.3, -0.25) is 4.79 Å². The summed E-state index contributed by atoms with van der Waals surface area (Å²) in [5, 5.41) is 1.25. The topological polar surface area (TPSA) is 26.3 Å². The van der Waals surface area contributed by atoms with Gasteiger partial charge < -0.3 is 4.43 Å². The highest BCUT2D eigenvalue weighted by Gasteiger charge is 2.39. The monoisotopic (exact) mass is 292 g/mol. The van der Waals surface area contributed by atoms with Crippen LogP contribution in [0.3, 0.4) is 0 Å². The summed E-state index contributed by atoms with van der Waals surface area (Å²) in [6.07, 6.45) is 0.904. The smallest absolute Gasteiger partial charge is 0.250 e. The van der Waals surface area contributed by atoms with Crippen molar-refractivity contribution >= 4 is 36.0 Å². The molecule has 2 rings (SSSR count). The molecule has 0 unspecified atom stereocenters. The van der Waals surface area contributed by atoms with Gasteiger partial charge in [0.15, 0.2) is 6.29 Å². The van der Waals surface area contributed by atoms with E-state index < -0.39 is 8.32 Å². The number of carbonyl (C=O) groups excluding carboxylic acids is 1. The summed E-state index contributed by atoms with van der Waals surface area (Å²) in [5.41, 5.74) is 0. The predicted octanol–water partition coefficient (Wildman–Crippen LogP) is 5.10. The third-order valence-electron chi connectivity index (χ3n) is 3.81. The molecule has 1 aromatic carbocycles. The number of rotatable bonds is 3. The van der Waals surface area contributed by atoms with Crippen molar-refractivity contribution in [3.05, 3.63) is 29.1 Å². The molecule has 4 heteroatoms. The van der Waals surface area contributed by atoms with Gasteiger partial charge >= 0.3 is 0 Å². The van der Waals surface area contributed by atoms with E-state index in [9.17, 15) is 4.79 Å². The first-order chi connectivity index (χ1) is 8.74. The summed E-state index contributed by atoms with van der Waals surface area (Å²) < 4.78 is 7.45. The molecule has 0 spiro atoms. The number of hydrogen-bond donors (Lipinski definition) is 0. The van der Waals surface area contributed by atoms with Crippen molar-refractivity contribution < 1.29 is 9.22 Å². The molecule has 0 aliphatic carbocycles. The van der Waals surface area contributed by atoms with Gasteiger partial charge in [-0.05, 0) is 35.7 Å². The minimum absolute atomic E-state index is 0.167. The second kappa shape index (κ2) is 4.76. The van der Waals surface area contributed by atoms with Gasteiger partial charge in [-0.1, -0.05) is 32.9 Å². The van der Waals surface area contributed by atoms with E-state index in [1.807, 2.05) is 24.3 Å². The number of aldehydes is 1. The van der Waals surface area contributed by atoms with Gasteiger partial charge in [-0.15, -0.1) is 11.3 Å². The molecule has 0 aliphatic heterocycles. The number of hydrogen-bond acceptors (Lipinski definition) is 3. The van der Waals surface area contributed by atoms with E-state index in [0.29, 0.717) is 0 Å². The summed E-state index contributed by atoms with van der Waals surface area (Å²) in [5.74, 6) is 0.919. The van der Waals surface area contributed by atoms with Crippen molar-refractivity contribution in [1.29, 1.82) is 0 Å². The van der Waals surface area contributed by atoms with Crippen LogP contribution in [0, 0.1) is 0 Å². The highest BCUT2D eigenvalue weighted by molar-refractivity contribution is 7.20. The molecule has 0 amide bonds. The Balaban J connectivity index is 2.46. The van der Waals surface area contributed by atoms with Gasteiger partial charge in [0.25, 0.3) is 8.32 Å². The highest BCUT2D eigenvalue weighted by Crippen LogP contribution is 2.40. The van der Waals surface area contributed by atoms with E-state index in [1.54, 1.807) is 0 Å². The maximum atomic E-state index is 10.9. The van der Waals surface area contributed by atoms with E-state index in [2.05, 4.69) is 33.9 Å². The first-order valence-corrected chi connectivity index (χ1v) is 10.1. The Kier molecular flexibility index (Phi) is 3.58. The molecule has 2 nitrogen and oxygen atoms in total. The average Bonchev–Trinajstić information content (AvgIpc) is 2.71. The zero-order chi connectivity index (χ0) is 14.3. The Hall–Kier alpha value is -1.13. The molecule has 0 bridgehead atoms. The normalized spacial score (nSPS) is 12.7. The van der Waals surface area contributed by atoms with Crippen molar-refractivity contribution in [2.45, 2.75) is 38.9 Å². The summed E-state index contributed by atoms with van der Waals surface area (Å²) >= 11 is 1.50. The van der Waals surface area contributed by atoms with E-state index in [4.69, 9.17) is 4.43 Å². The zero-order valence-electron chi connectivity index (χ0n) is 12.1. The van der Waals surface area contributed by atoms with Gasteiger partial charge in [0.2, 0.25) is 0 Å². The van der Waals surface area contributed by atoms with Crippen LogP contribution in [-0.2, 0) is 0 Å². The lowest BCUT2D eigenvalue weighted by atomic mass is 10.2. The Morgan fingerprint density at radius 3 is 2.53 bits per heavy atom. The lowest BCUT2D eigenvalue weighted by Gasteiger charge is -2.36. The molecule has 0 radical (unpaired) electrons. The predicted molar refractivity (Wildman–Crippen MR) is 85.0 cm³/mol. The average molecular weight is 292 g/mol. The highest BCUT2D eigenvalue weighted by atomic mass is 32.1. The molecule has 1 heterocycles. The maximum absolute atomic E-state index is 10.9. The van der Waals surface area contributed by atoms with Gasteiger partial charge in [0.1, 0.15) is 5.75 Å². The molecule has 102 valence electrons. The molecule has 0 aliphatic rings. The van der Waals surface area contributed by atoms with Crippen LogP contribution in [-0.4, -0.2) is 14.6 Å². The molecular formula is C15H20O2SSi. The van der Waals surface area contributed by atoms with Crippen molar-refractivity contribution in [3.8, 4) is 5.75 Å². The van der Waals surface area contributed by atoms with Crippen molar-refractivity contribution in [1.82, 2.24) is 0 Å². The Morgan fingerprint density at radius 2 is 1.95 bits per heavy atom. The summed E-state index contributed by atoms with van der Waals surface area (Å²) in [6.45, 7) is 11.2. The quantitative estimate of drug-likeness (QED) is 0.581. The summed E-state index contributed by atoms with van der Waals surface area (Å²) in [6, 6.07) is 7.95. The van der Waals surface area contributed by atoms with Crippen LogP contribution in [0.1, 0.15) is 30.4 Å². The fourth-order valence-electron chi connectivity index (χ4n) is 1.62. The SMILES string of the molecule is CC(C)(C)[Si](C)(C)Oc1cccc2cc(C=O)sc12. The molecule has 0 N–H and O–H groups in total. The van der Waals surface area contributed by atoms with E-state index in [-0.39, 0.29) is 5.04 Å². The minimum atomic E-state index is -1.85. The molecule has 0 saturated heterocycles. The third kappa shape index (κ3) is 2.74. The largest absolute Gasteiger partial charge is 0.543 e. The van der Waals surface area contributed by atoms with Crippen LogP contribution in [0.5, 0.6) is 5.75 Å². The van der Waals surface area contributed by atoms with Crippen LogP contribution in [0.25, 0.3) is 10.1 Å². The second-order valence-corrected chi connectivity index (χ2v) is 12.1. The van der Waals surface area contributed by atoms with Gasteiger partial charge in [0.05, 0.1) is 9.58 Å². The molecule has 19 heavy (non-hydrogen) atoms. The van der Waals surface area contributed by atoms with Crippen molar-refractivity contribution in [2.24, 2.45) is 0 Å². The van der Waals surface area contributed by atoms with Crippen LogP contribution in [0.15, 0.2) is 24.3 Å². The lowest BCUT2D eigenvalue weighted by Crippen LogP contribution is -2.43. The van der Waals surface area contributed by atoms with Crippen LogP contribution in [0.4, 0.5) is 0 Å². The summed E-state index contributed by atoms with van der Waals surface area (Å²) in [7, 11) is -1.85. The Labute approximate surface area is 119 Å². The molecule has 0 atom stereocenters. The summed E-state index contributed by atoms with van der Waals surface area (Å²) in [4.78, 5) is 11.7.